The zero-order valence-electron chi connectivity index (χ0n) is 11.1. The van der Waals surface area contributed by atoms with E-state index in [1.165, 1.54) is 21.9 Å². The quantitative estimate of drug-likeness (QED) is 0.812. The van der Waals surface area contributed by atoms with Crippen molar-refractivity contribution in [2.24, 2.45) is 0 Å². The Morgan fingerprint density at radius 1 is 1.32 bits per heavy atom. The molecule has 5 heteroatoms. The number of hydrogen-bond acceptors (Lipinski definition) is 2. The maximum atomic E-state index is 13.6. The number of likely N-dealkylation sites (N-methyl/N-ethyl adjacent to an activating group) is 1. The van der Waals surface area contributed by atoms with Gasteiger partial charge < -0.3 is 9.80 Å². The highest BCUT2D eigenvalue weighted by atomic mass is 19.1. The third-order valence-electron chi connectivity index (χ3n) is 3.34. The second-order valence-corrected chi connectivity index (χ2v) is 4.87. The van der Waals surface area contributed by atoms with Crippen LogP contribution in [0.2, 0.25) is 0 Å². The van der Waals surface area contributed by atoms with Crippen LogP contribution in [0.25, 0.3) is 0 Å². The van der Waals surface area contributed by atoms with Gasteiger partial charge in [0.1, 0.15) is 11.9 Å². The van der Waals surface area contributed by atoms with Crippen molar-refractivity contribution >= 4 is 11.8 Å². The molecule has 1 aliphatic rings. The summed E-state index contributed by atoms with van der Waals surface area (Å²) in [6.07, 6.45) is 1.40. The van der Waals surface area contributed by atoms with E-state index in [4.69, 9.17) is 0 Å². The van der Waals surface area contributed by atoms with Crippen molar-refractivity contribution in [3.05, 3.63) is 35.6 Å². The fourth-order valence-corrected chi connectivity index (χ4v) is 2.35. The van der Waals surface area contributed by atoms with Crippen molar-refractivity contribution in [2.45, 2.75) is 18.9 Å². The topological polar surface area (TPSA) is 40.6 Å². The Labute approximate surface area is 111 Å². The van der Waals surface area contributed by atoms with Gasteiger partial charge >= 0.3 is 0 Å². The second-order valence-electron chi connectivity index (χ2n) is 4.87. The van der Waals surface area contributed by atoms with Crippen LogP contribution in [0.3, 0.4) is 0 Å². The average Bonchev–Trinajstić information content (AvgIpc) is 2.86. The van der Waals surface area contributed by atoms with Gasteiger partial charge in [-0.05, 0) is 25.0 Å². The summed E-state index contributed by atoms with van der Waals surface area (Å²) in [4.78, 5) is 27.3. The summed E-state index contributed by atoms with van der Waals surface area (Å²) in [5.74, 6) is -1.06. The molecule has 1 aliphatic heterocycles. The first-order valence-electron chi connectivity index (χ1n) is 6.29. The Bertz CT molecular complexity index is 502. The molecule has 102 valence electrons. The first kappa shape index (κ1) is 13.5. The normalized spacial score (nSPS) is 18.5. The van der Waals surface area contributed by atoms with Crippen LogP contribution in [0.1, 0.15) is 23.2 Å². The van der Waals surface area contributed by atoms with E-state index in [2.05, 4.69) is 0 Å². The van der Waals surface area contributed by atoms with Gasteiger partial charge in [0.05, 0.1) is 5.56 Å². The third kappa shape index (κ3) is 2.59. The van der Waals surface area contributed by atoms with Gasteiger partial charge in [-0.2, -0.15) is 0 Å². The molecule has 0 aliphatic carbocycles. The third-order valence-corrected chi connectivity index (χ3v) is 3.34. The summed E-state index contributed by atoms with van der Waals surface area (Å²) in [6.45, 7) is 0.497. The summed E-state index contributed by atoms with van der Waals surface area (Å²) in [7, 11) is 3.32. The summed E-state index contributed by atoms with van der Waals surface area (Å²) < 4.78 is 13.6. The Morgan fingerprint density at radius 3 is 2.63 bits per heavy atom. The highest BCUT2D eigenvalue weighted by molar-refractivity contribution is 5.98. The minimum Gasteiger partial charge on any atom is -0.347 e. The van der Waals surface area contributed by atoms with E-state index in [1.807, 2.05) is 0 Å². The molecule has 0 aromatic heterocycles. The van der Waals surface area contributed by atoms with Crippen LogP contribution < -0.4 is 0 Å². The number of rotatable bonds is 2. The van der Waals surface area contributed by atoms with E-state index >= 15 is 0 Å². The van der Waals surface area contributed by atoms with Crippen molar-refractivity contribution < 1.29 is 14.0 Å². The average molecular weight is 264 g/mol. The lowest BCUT2D eigenvalue weighted by Gasteiger charge is -2.26. The van der Waals surface area contributed by atoms with E-state index in [9.17, 15) is 14.0 Å². The second kappa shape index (κ2) is 5.38. The first-order valence-corrected chi connectivity index (χ1v) is 6.29. The fourth-order valence-electron chi connectivity index (χ4n) is 2.35. The molecule has 1 unspecified atom stereocenters. The van der Waals surface area contributed by atoms with Crippen LogP contribution >= 0.6 is 0 Å². The minimum atomic E-state index is -0.546. The first-order chi connectivity index (χ1) is 9.02. The van der Waals surface area contributed by atoms with Gasteiger partial charge in [0.2, 0.25) is 5.91 Å². The van der Waals surface area contributed by atoms with Crippen LogP contribution in [0.15, 0.2) is 24.3 Å². The molecule has 1 heterocycles. The number of amides is 2. The number of halogens is 1. The van der Waals surface area contributed by atoms with E-state index < -0.39 is 17.8 Å². The summed E-state index contributed by atoms with van der Waals surface area (Å²) in [6, 6.07) is 5.40. The standard InChI is InChI=1S/C14H17FN2O2/c1-16(2)14(19)12-8-5-9-17(12)13(18)10-6-3-4-7-11(10)15/h3-4,6-7,12H,5,8-9H2,1-2H3. The monoisotopic (exact) mass is 264 g/mol. The Balaban J connectivity index is 2.24. The van der Waals surface area contributed by atoms with Gasteiger partial charge in [-0.25, -0.2) is 4.39 Å². The summed E-state index contributed by atoms with van der Waals surface area (Å²) in [5, 5.41) is 0. The number of carbonyl (C=O) groups is 2. The van der Waals surface area contributed by atoms with Crippen LogP contribution in [0.4, 0.5) is 4.39 Å². The van der Waals surface area contributed by atoms with Crippen LogP contribution in [-0.2, 0) is 4.79 Å². The molecular formula is C14H17FN2O2. The van der Waals surface area contributed by atoms with Crippen LogP contribution in [0.5, 0.6) is 0 Å². The highest BCUT2D eigenvalue weighted by Crippen LogP contribution is 2.22. The molecule has 1 aromatic rings. The lowest BCUT2D eigenvalue weighted by atomic mass is 10.1. The van der Waals surface area contributed by atoms with Gasteiger partial charge in [-0.1, -0.05) is 12.1 Å². The van der Waals surface area contributed by atoms with Gasteiger partial charge in [-0.15, -0.1) is 0 Å². The molecule has 0 bridgehead atoms. The maximum absolute atomic E-state index is 13.6. The number of likely N-dealkylation sites (tertiary alicyclic amines) is 1. The van der Waals surface area contributed by atoms with E-state index in [-0.39, 0.29) is 11.5 Å². The predicted octanol–water partition coefficient (Wildman–Crippen LogP) is 1.52. The SMILES string of the molecule is CN(C)C(=O)C1CCCN1C(=O)c1ccccc1F. The number of nitrogens with zero attached hydrogens (tertiary/aromatic N) is 2. The predicted molar refractivity (Wildman–Crippen MR) is 69.2 cm³/mol. The van der Waals surface area contributed by atoms with Gasteiger partial charge in [-0.3, -0.25) is 9.59 Å². The molecule has 0 spiro atoms. The molecule has 1 fully saturated rings. The largest absolute Gasteiger partial charge is 0.347 e. The zero-order valence-corrected chi connectivity index (χ0v) is 11.1. The maximum Gasteiger partial charge on any atom is 0.257 e. The molecule has 1 atom stereocenters. The molecule has 0 saturated carbocycles. The highest BCUT2D eigenvalue weighted by Gasteiger charge is 2.35. The zero-order chi connectivity index (χ0) is 14.0. The smallest absolute Gasteiger partial charge is 0.257 e. The van der Waals surface area contributed by atoms with Crippen LogP contribution in [-0.4, -0.2) is 48.3 Å². The fraction of sp³-hybridized carbons (Fsp3) is 0.429. The molecule has 0 N–H and O–H groups in total. The van der Waals surface area contributed by atoms with E-state index in [0.29, 0.717) is 13.0 Å². The Hall–Kier alpha value is -1.91. The Kier molecular flexibility index (Phi) is 3.83. The lowest BCUT2D eigenvalue weighted by molar-refractivity contribution is -0.132. The number of carbonyl (C=O) groups excluding carboxylic acids is 2. The van der Waals surface area contributed by atoms with Crippen molar-refractivity contribution in [1.29, 1.82) is 0 Å². The number of hydrogen-bond donors (Lipinski definition) is 0. The van der Waals surface area contributed by atoms with Crippen molar-refractivity contribution in [1.82, 2.24) is 9.80 Å². The molecule has 4 nitrogen and oxygen atoms in total. The van der Waals surface area contributed by atoms with E-state index in [0.717, 1.165) is 6.42 Å². The molecule has 1 saturated heterocycles. The van der Waals surface area contributed by atoms with Crippen molar-refractivity contribution in [3.63, 3.8) is 0 Å². The van der Waals surface area contributed by atoms with Crippen molar-refractivity contribution in [3.8, 4) is 0 Å². The van der Waals surface area contributed by atoms with Gasteiger partial charge in [0, 0.05) is 20.6 Å². The van der Waals surface area contributed by atoms with Gasteiger partial charge in [0.25, 0.3) is 5.91 Å². The molecular weight excluding hydrogens is 247 g/mol. The molecule has 0 radical (unpaired) electrons. The Morgan fingerprint density at radius 2 is 2.00 bits per heavy atom. The van der Waals surface area contributed by atoms with Crippen LogP contribution in [0, 0.1) is 5.82 Å². The van der Waals surface area contributed by atoms with Gasteiger partial charge in [0.15, 0.2) is 0 Å². The molecule has 2 amide bonds. The molecule has 19 heavy (non-hydrogen) atoms. The summed E-state index contributed by atoms with van der Waals surface area (Å²) in [5.41, 5.74) is 0.0287. The lowest BCUT2D eigenvalue weighted by Crippen LogP contribution is -2.45. The molecule has 2 rings (SSSR count). The summed E-state index contributed by atoms with van der Waals surface area (Å²) >= 11 is 0. The van der Waals surface area contributed by atoms with E-state index in [1.54, 1.807) is 26.2 Å². The molecule has 1 aromatic carbocycles. The number of benzene rings is 1. The minimum absolute atomic E-state index is 0.0287. The van der Waals surface area contributed by atoms with Crippen molar-refractivity contribution in [2.75, 3.05) is 20.6 Å².